The number of fused-ring (bicyclic) bond motifs is 1. The Morgan fingerprint density at radius 3 is 3.00 bits per heavy atom. The minimum atomic E-state index is -0.171. The molecule has 0 aliphatic carbocycles. The number of nitrogens with zero attached hydrogens (tertiary/aromatic N) is 1. The molecule has 2 aromatic rings. The van der Waals surface area contributed by atoms with Crippen molar-refractivity contribution in [3.8, 4) is 6.07 Å². The third-order valence-corrected chi connectivity index (χ3v) is 2.73. The van der Waals surface area contributed by atoms with E-state index in [1.165, 1.54) is 0 Å². The number of aromatic amines is 1. The predicted octanol–water partition coefficient (Wildman–Crippen LogP) is 2.64. The number of nitriles is 1. The van der Waals surface area contributed by atoms with Crippen molar-refractivity contribution in [1.82, 2.24) is 4.98 Å². The lowest BCUT2D eigenvalue weighted by Gasteiger charge is -2.02. The van der Waals surface area contributed by atoms with E-state index in [0.29, 0.717) is 28.9 Å². The zero-order valence-electron chi connectivity index (χ0n) is 8.46. The maximum absolute atomic E-state index is 11.7. The lowest BCUT2D eigenvalue weighted by molar-refractivity contribution is 0.984. The Bertz CT molecular complexity index is 625. The molecule has 1 heterocycles. The first-order valence-electron chi connectivity index (χ1n) is 4.90. The number of nitrogens with one attached hydrogen (secondary N) is 1. The van der Waals surface area contributed by atoms with Gasteiger partial charge in [-0.25, -0.2) is 0 Å². The third kappa shape index (κ3) is 1.93. The summed E-state index contributed by atoms with van der Waals surface area (Å²) in [6.45, 7) is 0. The quantitative estimate of drug-likeness (QED) is 0.865. The summed E-state index contributed by atoms with van der Waals surface area (Å²) in [6.07, 6.45) is 0.809. The van der Waals surface area contributed by atoms with E-state index in [9.17, 15) is 4.79 Å². The van der Waals surface area contributed by atoms with Crippen LogP contribution in [0.5, 0.6) is 0 Å². The van der Waals surface area contributed by atoms with Gasteiger partial charge < -0.3 is 4.98 Å². The molecule has 16 heavy (non-hydrogen) atoms. The molecule has 0 aliphatic heterocycles. The number of halogens is 1. The highest BCUT2D eigenvalue weighted by Gasteiger charge is 2.04. The molecule has 0 saturated heterocycles. The minimum absolute atomic E-state index is 0.171. The van der Waals surface area contributed by atoms with Gasteiger partial charge in [-0.1, -0.05) is 23.7 Å². The van der Waals surface area contributed by atoms with Gasteiger partial charge in [0.25, 0.3) is 5.56 Å². The summed E-state index contributed by atoms with van der Waals surface area (Å²) in [4.78, 5) is 14.4. The van der Waals surface area contributed by atoms with Crippen LogP contribution in [0.2, 0.25) is 5.02 Å². The van der Waals surface area contributed by atoms with Gasteiger partial charge >= 0.3 is 0 Å². The summed E-state index contributed by atoms with van der Waals surface area (Å²) in [5.74, 6) is 0. The third-order valence-electron chi connectivity index (χ3n) is 2.41. The average Bonchev–Trinajstić information content (AvgIpc) is 2.28. The topological polar surface area (TPSA) is 56.6 Å². The number of hydrogen-bond donors (Lipinski definition) is 1. The van der Waals surface area contributed by atoms with Crippen LogP contribution in [0.1, 0.15) is 12.0 Å². The summed E-state index contributed by atoms with van der Waals surface area (Å²) < 4.78 is 0. The van der Waals surface area contributed by atoms with E-state index in [4.69, 9.17) is 16.9 Å². The van der Waals surface area contributed by atoms with Gasteiger partial charge in [0.15, 0.2) is 0 Å². The number of aryl methyl sites for hydroxylation is 1. The molecule has 3 nitrogen and oxygen atoms in total. The molecule has 1 aromatic heterocycles. The van der Waals surface area contributed by atoms with Crippen LogP contribution in [-0.4, -0.2) is 4.98 Å². The average molecular weight is 233 g/mol. The van der Waals surface area contributed by atoms with Crippen LogP contribution in [0.4, 0.5) is 0 Å². The summed E-state index contributed by atoms with van der Waals surface area (Å²) in [5, 5.41) is 9.91. The summed E-state index contributed by atoms with van der Waals surface area (Å²) in [7, 11) is 0. The SMILES string of the molecule is N#CCCc1cc2cccc(Cl)c2[nH]c1=O. The first kappa shape index (κ1) is 10.7. The Morgan fingerprint density at radius 2 is 2.25 bits per heavy atom. The van der Waals surface area contributed by atoms with E-state index >= 15 is 0 Å². The van der Waals surface area contributed by atoms with Crippen LogP contribution >= 0.6 is 11.6 Å². The Kier molecular flexibility index (Phi) is 2.93. The fraction of sp³-hybridized carbons (Fsp3) is 0.167. The maximum atomic E-state index is 11.7. The van der Waals surface area contributed by atoms with E-state index in [2.05, 4.69) is 4.98 Å². The van der Waals surface area contributed by atoms with Gasteiger partial charge in [-0.2, -0.15) is 5.26 Å². The van der Waals surface area contributed by atoms with Crippen LogP contribution in [0.25, 0.3) is 10.9 Å². The Hall–Kier alpha value is -1.79. The number of H-pyrrole nitrogens is 1. The van der Waals surface area contributed by atoms with Crippen LogP contribution in [-0.2, 0) is 6.42 Å². The highest BCUT2D eigenvalue weighted by atomic mass is 35.5. The second-order valence-corrected chi connectivity index (χ2v) is 3.89. The molecular weight excluding hydrogens is 224 g/mol. The first-order chi connectivity index (χ1) is 7.72. The molecule has 0 spiro atoms. The number of para-hydroxylation sites is 1. The lowest BCUT2D eigenvalue weighted by atomic mass is 10.1. The van der Waals surface area contributed by atoms with Crippen molar-refractivity contribution < 1.29 is 0 Å². The summed E-state index contributed by atoms with van der Waals surface area (Å²) in [5.41, 5.74) is 1.10. The zero-order valence-corrected chi connectivity index (χ0v) is 9.21. The van der Waals surface area contributed by atoms with E-state index in [1.54, 1.807) is 12.1 Å². The van der Waals surface area contributed by atoms with Gasteiger partial charge in [-0.3, -0.25) is 4.79 Å². The van der Waals surface area contributed by atoms with Crippen LogP contribution in [0, 0.1) is 11.3 Å². The predicted molar refractivity (Wildman–Crippen MR) is 63.5 cm³/mol. The van der Waals surface area contributed by atoms with E-state index in [1.807, 2.05) is 18.2 Å². The summed E-state index contributed by atoms with van der Waals surface area (Å²) in [6, 6.07) is 9.26. The van der Waals surface area contributed by atoms with Gasteiger partial charge in [-0.05, 0) is 18.6 Å². The fourth-order valence-corrected chi connectivity index (χ4v) is 1.85. The number of rotatable bonds is 2. The van der Waals surface area contributed by atoms with Crippen molar-refractivity contribution in [3.63, 3.8) is 0 Å². The van der Waals surface area contributed by atoms with E-state index < -0.39 is 0 Å². The largest absolute Gasteiger partial charge is 0.320 e. The smallest absolute Gasteiger partial charge is 0.251 e. The maximum Gasteiger partial charge on any atom is 0.251 e. The first-order valence-corrected chi connectivity index (χ1v) is 5.27. The van der Waals surface area contributed by atoms with Crippen LogP contribution in [0.15, 0.2) is 29.1 Å². The molecule has 0 atom stereocenters. The molecule has 80 valence electrons. The Labute approximate surface area is 97.3 Å². The van der Waals surface area contributed by atoms with Gasteiger partial charge in [0, 0.05) is 17.4 Å². The Balaban J connectivity index is 2.60. The highest BCUT2D eigenvalue weighted by Crippen LogP contribution is 2.20. The standard InChI is InChI=1S/C12H9ClN2O/c13-10-5-1-3-8-7-9(4-2-6-14)12(16)15-11(8)10/h1,3,5,7H,2,4H2,(H,15,16). The van der Waals surface area contributed by atoms with Gasteiger partial charge in [-0.15, -0.1) is 0 Å². The molecule has 1 N–H and O–H groups in total. The van der Waals surface area contributed by atoms with Crippen LogP contribution < -0.4 is 5.56 Å². The molecule has 0 radical (unpaired) electrons. The molecule has 0 unspecified atom stereocenters. The zero-order chi connectivity index (χ0) is 11.5. The number of pyridine rings is 1. The van der Waals surface area contributed by atoms with Gasteiger partial charge in [0.2, 0.25) is 0 Å². The molecule has 0 saturated carbocycles. The summed E-state index contributed by atoms with van der Waals surface area (Å²) >= 11 is 5.96. The van der Waals surface area contributed by atoms with E-state index in [0.717, 1.165) is 5.39 Å². The second-order valence-electron chi connectivity index (χ2n) is 3.49. The van der Waals surface area contributed by atoms with Gasteiger partial charge in [0.1, 0.15) is 0 Å². The minimum Gasteiger partial charge on any atom is -0.320 e. The van der Waals surface area contributed by atoms with Crippen molar-refractivity contribution in [2.45, 2.75) is 12.8 Å². The number of aromatic nitrogens is 1. The Morgan fingerprint density at radius 1 is 1.44 bits per heavy atom. The molecule has 2 rings (SSSR count). The molecular formula is C12H9ClN2O. The molecule has 0 amide bonds. The normalized spacial score (nSPS) is 10.2. The number of benzene rings is 1. The highest BCUT2D eigenvalue weighted by molar-refractivity contribution is 6.35. The molecule has 0 bridgehead atoms. The van der Waals surface area contributed by atoms with Crippen LogP contribution in [0.3, 0.4) is 0 Å². The second kappa shape index (κ2) is 4.38. The van der Waals surface area contributed by atoms with E-state index in [-0.39, 0.29) is 5.56 Å². The van der Waals surface area contributed by atoms with Crippen molar-refractivity contribution in [1.29, 1.82) is 5.26 Å². The molecule has 1 aromatic carbocycles. The van der Waals surface area contributed by atoms with Crippen molar-refractivity contribution in [3.05, 3.63) is 45.2 Å². The monoisotopic (exact) mass is 232 g/mol. The van der Waals surface area contributed by atoms with Crippen molar-refractivity contribution >= 4 is 22.5 Å². The van der Waals surface area contributed by atoms with Crippen molar-refractivity contribution in [2.24, 2.45) is 0 Å². The molecule has 0 fully saturated rings. The fourth-order valence-electron chi connectivity index (χ4n) is 1.62. The van der Waals surface area contributed by atoms with Crippen molar-refractivity contribution in [2.75, 3.05) is 0 Å². The van der Waals surface area contributed by atoms with Gasteiger partial charge in [0.05, 0.1) is 16.6 Å². The molecule has 0 aliphatic rings. The lowest BCUT2D eigenvalue weighted by Crippen LogP contribution is -2.12. The molecule has 4 heteroatoms. The number of hydrogen-bond acceptors (Lipinski definition) is 2.